The molecular formula is C28H32N4O. The highest BCUT2D eigenvalue weighted by molar-refractivity contribution is 6.18. The number of nitrogens with zero attached hydrogens (tertiary/aromatic N) is 4. The van der Waals surface area contributed by atoms with Gasteiger partial charge in [-0.3, -0.25) is 4.79 Å². The summed E-state index contributed by atoms with van der Waals surface area (Å²) in [4.78, 5) is 13.8. The fourth-order valence-electron chi connectivity index (χ4n) is 4.72. The van der Waals surface area contributed by atoms with Crippen molar-refractivity contribution in [2.24, 2.45) is 37.2 Å². The Hall–Kier alpha value is -3.21. The number of rotatable bonds is 3. The fraction of sp³-hybridized carbons (Fsp3) is 0.393. The summed E-state index contributed by atoms with van der Waals surface area (Å²) in [7, 11) is 0. The van der Waals surface area contributed by atoms with E-state index in [2.05, 4.69) is 51.8 Å². The first-order valence-corrected chi connectivity index (χ1v) is 11.5. The van der Waals surface area contributed by atoms with E-state index in [1.807, 2.05) is 66.7 Å². The molecule has 1 aliphatic carbocycles. The molecule has 0 N–H and O–H groups in total. The van der Waals surface area contributed by atoms with E-state index in [0.29, 0.717) is 6.54 Å². The zero-order valence-electron chi connectivity index (χ0n) is 20.3. The van der Waals surface area contributed by atoms with Gasteiger partial charge in [0.25, 0.3) is 0 Å². The molecule has 0 radical (unpaired) electrons. The molecule has 0 unspecified atom stereocenters. The molecule has 2 atom stereocenters. The SMILES string of the molecule is CC(C)(C)C1=C/C(=N/N=C(c2ccccc2)c2ccccc2)[C@@H]2CN=N[C@@]2(C(C)(C)C)C1=O. The van der Waals surface area contributed by atoms with Crippen molar-refractivity contribution in [1.82, 2.24) is 0 Å². The minimum atomic E-state index is -0.960. The van der Waals surface area contributed by atoms with E-state index in [4.69, 9.17) is 10.2 Å². The van der Waals surface area contributed by atoms with Crippen LogP contribution in [0.3, 0.4) is 0 Å². The van der Waals surface area contributed by atoms with Crippen molar-refractivity contribution < 1.29 is 4.79 Å². The van der Waals surface area contributed by atoms with E-state index in [9.17, 15) is 4.79 Å². The molecular weight excluding hydrogens is 408 g/mol. The number of allylic oxidation sites excluding steroid dienone is 1. The molecule has 4 rings (SSSR count). The second-order valence-electron chi connectivity index (χ2n) is 10.8. The lowest BCUT2D eigenvalue weighted by atomic mass is 9.57. The van der Waals surface area contributed by atoms with Crippen LogP contribution in [-0.4, -0.2) is 29.3 Å². The van der Waals surface area contributed by atoms with Gasteiger partial charge in [-0.05, 0) is 16.9 Å². The van der Waals surface area contributed by atoms with Crippen LogP contribution in [0.2, 0.25) is 0 Å². The summed E-state index contributed by atoms with van der Waals surface area (Å²) in [6, 6.07) is 20.1. The third-order valence-electron chi connectivity index (χ3n) is 6.55. The average Bonchev–Trinajstić information content (AvgIpc) is 3.23. The maximum Gasteiger partial charge on any atom is 0.190 e. The number of hydrogen-bond acceptors (Lipinski definition) is 5. The van der Waals surface area contributed by atoms with Crippen LogP contribution < -0.4 is 0 Å². The topological polar surface area (TPSA) is 66.5 Å². The van der Waals surface area contributed by atoms with Gasteiger partial charge in [-0.2, -0.15) is 15.3 Å². The van der Waals surface area contributed by atoms with Gasteiger partial charge in [0.15, 0.2) is 11.3 Å². The summed E-state index contributed by atoms with van der Waals surface area (Å²) in [5.74, 6) is -0.171. The first-order chi connectivity index (χ1) is 15.6. The number of carbonyl (C=O) groups is 1. The predicted molar refractivity (Wildman–Crippen MR) is 134 cm³/mol. The van der Waals surface area contributed by atoms with Gasteiger partial charge in [0.05, 0.1) is 18.2 Å². The molecule has 2 aromatic rings. The molecule has 0 spiro atoms. The largest absolute Gasteiger partial charge is 0.292 e. The quantitative estimate of drug-likeness (QED) is 0.408. The first kappa shape index (κ1) is 23.0. The van der Waals surface area contributed by atoms with Crippen molar-refractivity contribution in [1.29, 1.82) is 0 Å². The van der Waals surface area contributed by atoms with Gasteiger partial charge in [-0.25, -0.2) is 0 Å². The van der Waals surface area contributed by atoms with E-state index in [1.54, 1.807) is 0 Å². The summed E-state index contributed by atoms with van der Waals surface area (Å²) >= 11 is 0. The van der Waals surface area contributed by atoms with E-state index < -0.39 is 11.0 Å². The predicted octanol–water partition coefficient (Wildman–Crippen LogP) is 6.30. The second kappa shape index (κ2) is 8.29. The number of hydrogen-bond donors (Lipinski definition) is 0. The monoisotopic (exact) mass is 440 g/mol. The molecule has 0 bridgehead atoms. The number of benzene rings is 2. The number of fused-ring (bicyclic) bond motifs is 1. The molecule has 33 heavy (non-hydrogen) atoms. The van der Waals surface area contributed by atoms with Gasteiger partial charge in [0.2, 0.25) is 0 Å². The van der Waals surface area contributed by atoms with E-state index in [-0.39, 0.29) is 17.1 Å². The van der Waals surface area contributed by atoms with Crippen molar-refractivity contribution in [2.75, 3.05) is 6.54 Å². The lowest BCUT2D eigenvalue weighted by Gasteiger charge is -2.45. The van der Waals surface area contributed by atoms with Crippen LogP contribution in [0.1, 0.15) is 52.7 Å². The van der Waals surface area contributed by atoms with Crippen molar-refractivity contribution >= 4 is 17.2 Å². The molecule has 170 valence electrons. The smallest absolute Gasteiger partial charge is 0.190 e. The Morgan fingerprint density at radius 1 is 0.909 bits per heavy atom. The number of ketones is 1. The Labute approximate surface area is 196 Å². The van der Waals surface area contributed by atoms with Gasteiger partial charge in [-0.1, -0.05) is 102 Å². The second-order valence-corrected chi connectivity index (χ2v) is 10.8. The highest BCUT2D eigenvalue weighted by atomic mass is 16.1. The maximum absolute atomic E-state index is 13.8. The Morgan fingerprint density at radius 2 is 1.45 bits per heavy atom. The molecule has 5 nitrogen and oxygen atoms in total. The van der Waals surface area contributed by atoms with Crippen LogP contribution >= 0.6 is 0 Å². The molecule has 1 aliphatic heterocycles. The standard InChI is InChI=1S/C28H32N4O/c1-26(2,3)21-17-23(22-18-29-32-28(22,25(21)33)27(4,5)6)30-31-24(19-13-9-7-10-14-19)20-15-11-8-12-16-20/h7-17,22H,18H2,1-6H3/b30-23-/t22-,28+/m0/s1. The lowest BCUT2D eigenvalue weighted by molar-refractivity contribution is -0.126. The van der Waals surface area contributed by atoms with E-state index >= 15 is 0 Å². The summed E-state index contributed by atoms with van der Waals surface area (Å²) in [5, 5.41) is 18.5. The summed E-state index contributed by atoms with van der Waals surface area (Å²) in [6.45, 7) is 12.8. The van der Waals surface area contributed by atoms with Gasteiger partial charge in [-0.15, -0.1) is 5.10 Å². The lowest BCUT2D eigenvalue weighted by Crippen LogP contribution is -2.58. The molecule has 0 saturated heterocycles. The Kier molecular flexibility index (Phi) is 5.77. The Balaban J connectivity index is 1.92. The van der Waals surface area contributed by atoms with Crippen LogP contribution in [0.4, 0.5) is 0 Å². The van der Waals surface area contributed by atoms with Gasteiger partial charge in [0, 0.05) is 16.7 Å². The van der Waals surface area contributed by atoms with Gasteiger partial charge < -0.3 is 0 Å². The molecule has 0 amide bonds. The normalized spacial score (nSPS) is 23.9. The fourth-order valence-corrected chi connectivity index (χ4v) is 4.72. The first-order valence-electron chi connectivity index (χ1n) is 11.5. The van der Waals surface area contributed by atoms with Crippen molar-refractivity contribution in [3.63, 3.8) is 0 Å². The molecule has 0 saturated carbocycles. The molecule has 2 aromatic carbocycles. The molecule has 5 heteroatoms. The van der Waals surface area contributed by atoms with Crippen LogP contribution in [0.25, 0.3) is 0 Å². The van der Waals surface area contributed by atoms with Crippen LogP contribution in [-0.2, 0) is 4.79 Å². The van der Waals surface area contributed by atoms with Crippen LogP contribution in [0, 0.1) is 16.7 Å². The molecule has 2 aliphatic rings. The minimum Gasteiger partial charge on any atom is -0.292 e. The van der Waals surface area contributed by atoms with Crippen molar-refractivity contribution in [2.45, 2.75) is 47.1 Å². The highest BCUT2D eigenvalue weighted by Crippen LogP contribution is 2.51. The van der Waals surface area contributed by atoms with E-state index in [0.717, 1.165) is 28.1 Å². The molecule has 0 fully saturated rings. The van der Waals surface area contributed by atoms with Gasteiger partial charge >= 0.3 is 0 Å². The maximum atomic E-state index is 13.8. The minimum absolute atomic E-state index is 0.0584. The third-order valence-corrected chi connectivity index (χ3v) is 6.55. The number of carbonyl (C=O) groups excluding carboxylic acids is 1. The summed E-state index contributed by atoms with van der Waals surface area (Å²) in [5.41, 5.74) is 2.55. The highest BCUT2D eigenvalue weighted by Gasteiger charge is 2.61. The third kappa shape index (κ3) is 4.01. The number of Topliss-reactive ketones (excluding diaryl/α,β-unsaturated/α-hetero) is 1. The molecule has 1 heterocycles. The Bertz CT molecular complexity index is 1120. The van der Waals surface area contributed by atoms with Gasteiger partial charge in [0.1, 0.15) is 5.71 Å². The summed E-state index contributed by atoms with van der Waals surface area (Å²) in [6.07, 6.45) is 1.93. The average molecular weight is 441 g/mol. The zero-order valence-corrected chi connectivity index (χ0v) is 20.3. The number of azo groups is 1. The van der Waals surface area contributed by atoms with Crippen LogP contribution in [0.5, 0.6) is 0 Å². The van der Waals surface area contributed by atoms with Crippen LogP contribution in [0.15, 0.2) is 92.7 Å². The Morgan fingerprint density at radius 3 is 1.94 bits per heavy atom. The molecule has 0 aromatic heterocycles. The van der Waals surface area contributed by atoms with Crippen molar-refractivity contribution in [3.05, 3.63) is 83.4 Å². The summed E-state index contributed by atoms with van der Waals surface area (Å²) < 4.78 is 0. The van der Waals surface area contributed by atoms with Crippen molar-refractivity contribution in [3.8, 4) is 0 Å². The van der Waals surface area contributed by atoms with E-state index in [1.165, 1.54) is 0 Å². The zero-order chi connectivity index (χ0) is 23.9.